The molecule has 25 heavy (non-hydrogen) atoms. The molecule has 0 fully saturated rings. The molecule has 0 bridgehead atoms. The van der Waals surface area contributed by atoms with Crippen LogP contribution >= 0.6 is 11.6 Å². The average Bonchev–Trinajstić information content (AvgIpc) is 3.01. The summed E-state index contributed by atoms with van der Waals surface area (Å²) in [6.45, 7) is 0. The quantitative estimate of drug-likeness (QED) is 0.725. The summed E-state index contributed by atoms with van der Waals surface area (Å²) in [5.74, 6) is -0.896. The zero-order chi connectivity index (χ0) is 18.0. The van der Waals surface area contributed by atoms with E-state index in [0.29, 0.717) is 10.4 Å². The standard InChI is InChI=1S/C17H11ClF3N3O/c18-11-5-4-8-13(9-11)24-15(17(19,20)21)14(10-22-24)16(25)23-12-6-2-1-3-7-12/h1-10H,(H,23,25). The second-order valence-corrected chi connectivity index (χ2v) is 5.55. The summed E-state index contributed by atoms with van der Waals surface area (Å²) in [5.41, 5.74) is -1.24. The Morgan fingerprint density at radius 1 is 1.08 bits per heavy atom. The molecule has 0 atom stereocenters. The first-order valence-corrected chi connectivity index (χ1v) is 7.51. The van der Waals surface area contributed by atoms with Gasteiger partial charge in [-0.2, -0.15) is 18.3 Å². The van der Waals surface area contributed by atoms with Gasteiger partial charge in [-0.15, -0.1) is 0 Å². The first kappa shape index (κ1) is 17.0. The lowest BCUT2D eigenvalue weighted by Crippen LogP contribution is -2.20. The molecule has 3 rings (SSSR count). The van der Waals surface area contributed by atoms with Gasteiger partial charge in [0.1, 0.15) is 0 Å². The van der Waals surface area contributed by atoms with Gasteiger partial charge >= 0.3 is 6.18 Å². The summed E-state index contributed by atoms with van der Waals surface area (Å²) >= 11 is 5.84. The molecule has 0 saturated carbocycles. The maximum atomic E-state index is 13.6. The second kappa shape index (κ2) is 6.60. The number of aromatic nitrogens is 2. The number of rotatable bonds is 3. The molecule has 0 spiro atoms. The van der Waals surface area contributed by atoms with Gasteiger partial charge < -0.3 is 5.32 Å². The number of alkyl halides is 3. The number of hydrogen-bond donors (Lipinski definition) is 1. The first-order valence-electron chi connectivity index (χ1n) is 7.14. The topological polar surface area (TPSA) is 46.9 Å². The van der Waals surface area contributed by atoms with Crippen LogP contribution in [0.3, 0.4) is 0 Å². The molecule has 128 valence electrons. The van der Waals surface area contributed by atoms with E-state index in [9.17, 15) is 18.0 Å². The molecule has 1 N–H and O–H groups in total. The summed E-state index contributed by atoms with van der Waals surface area (Å²) in [5, 5.41) is 6.42. The summed E-state index contributed by atoms with van der Waals surface area (Å²) in [7, 11) is 0. The molecular weight excluding hydrogens is 355 g/mol. The molecular formula is C17H11ClF3N3O. The van der Waals surface area contributed by atoms with Gasteiger partial charge in [0.25, 0.3) is 5.91 Å². The average molecular weight is 366 g/mol. The van der Waals surface area contributed by atoms with Crippen LogP contribution in [0.15, 0.2) is 60.8 Å². The number of carbonyl (C=O) groups excluding carboxylic acids is 1. The van der Waals surface area contributed by atoms with Crippen LogP contribution in [-0.2, 0) is 6.18 Å². The Morgan fingerprint density at radius 3 is 2.44 bits per heavy atom. The maximum Gasteiger partial charge on any atom is 0.434 e. The highest BCUT2D eigenvalue weighted by Crippen LogP contribution is 2.34. The van der Waals surface area contributed by atoms with Gasteiger partial charge in [-0.1, -0.05) is 35.9 Å². The van der Waals surface area contributed by atoms with Gasteiger partial charge in [-0.3, -0.25) is 4.79 Å². The smallest absolute Gasteiger partial charge is 0.322 e. The number of amides is 1. The summed E-state index contributed by atoms with van der Waals surface area (Å²) in [6, 6.07) is 14.0. The minimum atomic E-state index is -4.78. The van der Waals surface area contributed by atoms with Crippen LogP contribution in [0.5, 0.6) is 0 Å². The number of nitrogens with zero attached hydrogens (tertiary/aromatic N) is 2. The molecule has 1 aromatic heterocycles. The van der Waals surface area contributed by atoms with E-state index in [1.54, 1.807) is 30.3 Å². The van der Waals surface area contributed by atoms with E-state index >= 15 is 0 Å². The number of para-hydroxylation sites is 1. The van der Waals surface area contributed by atoms with Gasteiger partial charge in [-0.25, -0.2) is 4.68 Å². The SMILES string of the molecule is O=C(Nc1ccccc1)c1cnn(-c2cccc(Cl)c2)c1C(F)(F)F. The zero-order valence-corrected chi connectivity index (χ0v) is 13.3. The predicted molar refractivity (Wildman–Crippen MR) is 88.0 cm³/mol. The van der Waals surface area contributed by atoms with E-state index in [1.807, 2.05) is 0 Å². The monoisotopic (exact) mass is 365 g/mol. The van der Waals surface area contributed by atoms with Crippen molar-refractivity contribution in [2.24, 2.45) is 0 Å². The van der Waals surface area contributed by atoms with Crippen LogP contribution in [0.4, 0.5) is 18.9 Å². The fourth-order valence-electron chi connectivity index (χ4n) is 2.31. The maximum absolute atomic E-state index is 13.6. The van der Waals surface area contributed by atoms with Crippen LogP contribution in [-0.4, -0.2) is 15.7 Å². The minimum absolute atomic E-state index is 0.110. The second-order valence-electron chi connectivity index (χ2n) is 5.12. The van der Waals surface area contributed by atoms with Gasteiger partial charge in [0.2, 0.25) is 0 Å². The largest absolute Gasteiger partial charge is 0.434 e. The highest BCUT2D eigenvalue weighted by atomic mass is 35.5. The Kier molecular flexibility index (Phi) is 4.50. The minimum Gasteiger partial charge on any atom is -0.322 e. The molecule has 1 heterocycles. The molecule has 0 radical (unpaired) electrons. The summed E-state index contributed by atoms with van der Waals surface area (Å²) < 4.78 is 41.3. The Hall–Kier alpha value is -2.80. The van der Waals surface area contributed by atoms with E-state index in [1.165, 1.54) is 24.3 Å². The molecule has 8 heteroatoms. The number of anilines is 1. The number of carbonyl (C=O) groups is 1. The Bertz CT molecular complexity index is 907. The number of hydrogen-bond acceptors (Lipinski definition) is 2. The molecule has 3 aromatic rings. The van der Waals surface area contributed by atoms with Gasteiger partial charge in [0, 0.05) is 10.7 Å². The predicted octanol–water partition coefficient (Wildman–Crippen LogP) is 4.80. The molecule has 0 unspecified atom stereocenters. The Balaban J connectivity index is 2.04. The lowest BCUT2D eigenvalue weighted by Gasteiger charge is -2.13. The van der Waals surface area contributed by atoms with Crippen molar-refractivity contribution in [3.63, 3.8) is 0 Å². The molecule has 0 aliphatic rings. The van der Waals surface area contributed by atoms with E-state index in [2.05, 4.69) is 10.4 Å². The third-order valence-electron chi connectivity index (χ3n) is 3.37. The molecule has 4 nitrogen and oxygen atoms in total. The third-order valence-corrected chi connectivity index (χ3v) is 3.60. The molecule has 0 aliphatic heterocycles. The van der Waals surface area contributed by atoms with Crippen molar-refractivity contribution in [3.05, 3.63) is 77.1 Å². The molecule has 0 saturated heterocycles. The van der Waals surface area contributed by atoms with Crippen molar-refractivity contribution in [2.45, 2.75) is 6.18 Å². The van der Waals surface area contributed by atoms with Crippen molar-refractivity contribution < 1.29 is 18.0 Å². The first-order chi connectivity index (χ1) is 11.9. The fourth-order valence-corrected chi connectivity index (χ4v) is 2.50. The van der Waals surface area contributed by atoms with E-state index in [0.717, 1.165) is 6.20 Å². The van der Waals surface area contributed by atoms with Crippen molar-refractivity contribution >= 4 is 23.2 Å². The highest BCUT2D eigenvalue weighted by molar-refractivity contribution is 6.30. The Morgan fingerprint density at radius 2 is 1.80 bits per heavy atom. The molecule has 2 aromatic carbocycles. The summed E-state index contributed by atoms with van der Waals surface area (Å²) in [6.07, 6.45) is -3.88. The lowest BCUT2D eigenvalue weighted by atomic mass is 10.2. The van der Waals surface area contributed by atoms with Gasteiger partial charge in [-0.05, 0) is 30.3 Å². The van der Waals surface area contributed by atoms with Crippen LogP contribution < -0.4 is 5.32 Å². The van der Waals surface area contributed by atoms with Crippen molar-refractivity contribution in [1.82, 2.24) is 9.78 Å². The van der Waals surface area contributed by atoms with Crippen LogP contribution in [0.25, 0.3) is 5.69 Å². The van der Waals surface area contributed by atoms with E-state index in [-0.39, 0.29) is 10.7 Å². The molecule has 1 amide bonds. The third kappa shape index (κ3) is 3.66. The normalized spacial score (nSPS) is 11.4. The fraction of sp³-hybridized carbons (Fsp3) is 0.0588. The highest BCUT2D eigenvalue weighted by Gasteiger charge is 2.40. The van der Waals surface area contributed by atoms with Crippen molar-refractivity contribution in [2.75, 3.05) is 5.32 Å². The van der Waals surface area contributed by atoms with Crippen LogP contribution in [0.1, 0.15) is 16.1 Å². The summed E-state index contributed by atoms with van der Waals surface area (Å²) in [4.78, 5) is 12.3. The van der Waals surface area contributed by atoms with Crippen LogP contribution in [0, 0.1) is 0 Å². The number of nitrogens with one attached hydrogen (secondary N) is 1. The van der Waals surface area contributed by atoms with E-state index in [4.69, 9.17) is 11.6 Å². The Labute approximate surface area is 145 Å². The van der Waals surface area contributed by atoms with Gasteiger partial charge in [0.15, 0.2) is 5.69 Å². The molecule has 0 aliphatic carbocycles. The number of halogens is 4. The number of benzene rings is 2. The van der Waals surface area contributed by atoms with Crippen molar-refractivity contribution in [1.29, 1.82) is 0 Å². The van der Waals surface area contributed by atoms with Crippen molar-refractivity contribution in [3.8, 4) is 5.69 Å². The zero-order valence-electron chi connectivity index (χ0n) is 12.6. The van der Waals surface area contributed by atoms with E-state index < -0.39 is 23.3 Å². The lowest BCUT2D eigenvalue weighted by molar-refractivity contribution is -0.143. The van der Waals surface area contributed by atoms with Gasteiger partial charge in [0.05, 0.1) is 17.4 Å². The van der Waals surface area contributed by atoms with Crippen LogP contribution in [0.2, 0.25) is 5.02 Å².